The van der Waals surface area contributed by atoms with E-state index in [9.17, 15) is 22.8 Å². The second-order valence-corrected chi connectivity index (χ2v) is 7.32. The minimum absolute atomic E-state index is 0.0113. The van der Waals surface area contributed by atoms with Gasteiger partial charge in [0.05, 0.1) is 36.1 Å². The Morgan fingerprint density at radius 1 is 1.03 bits per heavy atom. The van der Waals surface area contributed by atoms with Crippen LogP contribution < -0.4 is 10.3 Å². The molecule has 0 aliphatic carbocycles. The monoisotopic (exact) mass is 477 g/mol. The summed E-state index contributed by atoms with van der Waals surface area (Å²) in [5, 5.41) is 3.79. The molecule has 11 heteroatoms. The molecule has 0 spiro atoms. The van der Waals surface area contributed by atoms with Crippen LogP contribution in [0.25, 0.3) is 22.6 Å². The van der Waals surface area contributed by atoms with Gasteiger partial charge in [-0.05, 0) is 42.5 Å². The van der Waals surface area contributed by atoms with Gasteiger partial charge in [0.25, 0.3) is 5.56 Å². The molecule has 7 nitrogen and oxygen atoms in total. The van der Waals surface area contributed by atoms with Gasteiger partial charge in [0, 0.05) is 18.1 Å². The summed E-state index contributed by atoms with van der Waals surface area (Å²) < 4.78 is 52.2. The third kappa shape index (κ3) is 4.05. The fraction of sp³-hybridized carbons (Fsp3) is 0.136. The molecule has 0 radical (unpaired) electrons. The molecular weight excluding hydrogens is 463 g/mol. The van der Waals surface area contributed by atoms with Crippen molar-refractivity contribution in [3.05, 3.63) is 81.4 Å². The van der Waals surface area contributed by atoms with Crippen molar-refractivity contribution in [1.82, 2.24) is 14.3 Å². The summed E-state index contributed by atoms with van der Waals surface area (Å²) in [6.07, 6.45) is -2.13. The molecule has 0 amide bonds. The molecule has 0 N–H and O–H groups in total. The first kappa shape index (κ1) is 22.4. The molecule has 0 fully saturated rings. The Bertz CT molecular complexity index is 1380. The summed E-state index contributed by atoms with van der Waals surface area (Å²) in [6.45, 7) is 0. The second-order valence-electron chi connectivity index (χ2n) is 6.91. The van der Waals surface area contributed by atoms with E-state index in [1.54, 1.807) is 24.3 Å². The van der Waals surface area contributed by atoms with E-state index < -0.39 is 28.3 Å². The normalized spacial score (nSPS) is 11.6. The maximum atomic E-state index is 13.3. The Labute approximate surface area is 189 Å². The number of nitrogens with zero attached hydrogens (tertiary/aromatic N) is 3. The molecule has 2 aliphatic rings. The van der Waals surface area contributed by atoms with Crippen molar-refractivity contribution in [2.45, 2.75) is 6.18 Å². The highest BCUT2D eigenvalue weighted by atomic mass is 35.5. The predicted molar refractivity (Wildman–Crippen MR) is 114 cm³/mol. The molecule has 0 saturated carbocycles. The highest BCUT2D eigenvalue weighted by molar-refractivity contribution is 6.31. The van der Waals surface area contributed by atoms with Gasteiger partial charge in [0.2, 0.25) is 0 Å². The summed E-state index contributed by atoms with van der Waals surface area (Å²) in [5.74, 6) is -0.238. The molecular formula is C22H15ClF3N3O4. The number of hydrogen-bond donors (Lipinski definition) is 0. The highest BCUT2D eigenvalue weighted by Crippen LogP contribution is 2.36. The number of esters is 1. The van der Waals surface area contributed by atoms with Gasteiger partial charge in [-0.25, -0.2) is 4.79 Å². The summed E-state index contributed by atoms with van der Waals surface area (Å²) in [7, 11) is 2.65. The van der Waals surface area contributed by atoms with Crippen molar-refractivity contribution in [3.63, 3.8) is 0 Å². The number of fused-ring (bicyclic) bond motifs is 1. The Hall–Kier alpha value is -3.79. The Morgan fingerprint density at radius 2 is 1.70 bits per heavy atom. The summed E-state index contributed by atoms with van der Waals surface area (Å²) >= 11 is 5.71. The second kappa shape index (κ2) is 8.28. The van der Waals surface area contributed by atoms with Crippen molar-refractivity contribution in [2.24, 2.45) is 0 Å². The van der Waals surface area contributed by atoms with Crippen LogP contribution in [0, 0.1) is 0 Å². The quantitative estimate of drug-likeness (QED) is 0.402. The van der Waals surface area contributed by atoms with Gasteiger partial charge in [-0.2, -0.15) is 23.0 Å². The number of aromatic nitrogens is 3. The van der Waals surface area contributed by atoms with Crippen LogP contribution in [0.2, 0.25) is 5.02 Å². The lowest BCUT2D eigenvalue weighted by Gasteiger charge is -2.15. The first-order valence-corrected chi connectivity index (χ1v) is 9.76. The van der Waals surface area contributed by atoms with E-state index in [-0.39, 0.29) is 22.5 Å². The number of hydrogen-bond acceptors (Lipinski definition) is 5. The van der Waals surface area contributed by atoms with Crippen LogP contribution in [0.1, 0.15) is 15.9 Å². The summed E-state index contributed by atoms with van der Waals surface area (Å²) in [4.78, 5) is 25.5. The smallest absolute Gasteiger partial charge is 0.417 e. The predicted octanol–water partition coefficient (Wildman–Crippen LogP) is 4.60. The average molecular weight is 478 g/mol. The fourth-order valence-electron chi connectivity index (χ4n) is 3.30. The van der Waals surface area contributed by atoms with E-state index >= 15 is 0 Å². The van der Waals surface area contributed by atoms with Gasteiger partial charge in [-0.1, -0.05) is 11.6 Å². The van der Waals surface area contributed by atoms with Crippen LogP contribution >= 0.6 is 11.6 Å². The largest absolute Gasteiger partial charge is 0.497 e. The van der Waals surface area contributed by atoms with Gasteiger partial charge in [0.1, 0.15) is 17.0 Å². The molecule has 2 aromatic rings. The molecule has 2 aromatic carbocycles. The lowest BCUT2D eigenvalue weighted by Crippen LogP contribution is -2.15. The molecule has 2 aliphatic heterocycles. The van der Waals surface area contributed by atoms with E-state index in [2.05, 4.69) is 5.10 Å². The van der Waals surface area contributed by atoms with Crippen molar-refractivity contribution < 1.29 is 27.4 Å². The number of carbonyl (C=O) groups is 1. The zero-order chi connectivity index (χ0) is 23.9. The van der Waals surface area contributed by atoms with E-state index in [1.165, 1.54) is 30.1 Å². The zero-order valence-corrected chi connectivity index (χ0v) is 17.9. The van der Waals surface area contributed by atoms with Gasteiger partial charge >= 0.3 is 12.1 Å². The maximum absolute atomic E-state index is 13.3. The topological polar surface area (TPSA) is 75.3 Å². The molecule has 0 atom stereocenters. The third-order valence-corrected chi connectivity index (χ3v) is 5.27. The lowest BCUT2D eigenvalue weighted by molar-refractivity contribution is -0.137. The van der Waals surface area contributed by atoms with Crippen LogP contribution in [0.3, 0.4) is 0 Å². The minimum atomic E-state index is -4.69. The van der Waals surface area contributed by atoms with Crippen molar-refractivity contribution >= 4 is 17.6 Å². The highest BCUT2D eigenvalue weighted by Gasteiger charge is 2.34. The number of pyridine rings is 1. The lowest BCUT2D eigenvalue weighted by atomic mass is 10.1. The van der Waals surface area contributed by atoms with Crippen molar-refractivity contribution in [3.8, 4) is 28.4 Å². The third-order valence-electron chi connectivity index (χ3n) is 4.95. The van der Waals surface area contributed by atoms with Gasteiger partial charge in [-0.15, -0.1) is 0 Å². The zero-order valence-electron chi connectivity index (χ0n) is 17.2. The summed E-state index contributed by atoms with van der Waals surface area (Å²) in [5.41, 5.74) is -1.21. The fourth-order valence-corrected chi connectivity index (χ4v) is 3.53. The summed E-state index contributed by atoms with van der Waals surface area (Å²) in [6, 6.07) is 9.73. The van der Waals surface area contributed by atoms with Crippen molar-refractivity contribution in [1.29, 1.82) is 0 Å². The molecule has 0 aromatic heterocycles. The molecule has 0 bridgehead atoms. The molecule has 2 heterocycles. The van der Waals surface area contributed by atoms with Gasteiger partial charge < -0.3 is 14.0 Å². The average Bonchev–Trinajstić information content (AvgIpc) is 3.14. The molecule has 170 valence electrons. The molecule has 33 heavy (non-hydrogen) atoms. The Morgan fingerprint density at radius 3 is 2.30 bits per heavy atom. The molecule has 4 rings (SSSR count). The van der Waals surface area contributed by atoms with E-state index in [4.69, 9.17) is 21.1 Å². The number of rotatable bonds is 4. The van der Waals surface area contributed by atoms with Crippen LogP contribution in [-0.4, -0.2) is 34.5 Å². The number of carbonyl (C=O) groups excluding carboxylic acids is 1. The first-order chi connectivity index (χ1) is 15.6. The molecule has 0 saturated heterocycles. The number of ether oxygens (including phenoxy) is 2. The van der Waals surface area contributed by atoms with Crippen LogP contribution in [0.4, 0.5) is 13.2 Å². The number of halogens is 4. The maximum Gasteiger partial charge on any atom is 0.417 e. The molecule has 0 unspecified atom stereocenters. The number of methoxy groups -OCH3 is 2. The van der Waals surface area contributed by atoms with E-state index in [0.29, 0.717) is 11.4 Å². The van der Waals surface area contributed by atoms with Gasteiger partial charge in [0.15, 0.2) is 0 Å². The van der Waals surface area contributed by atoms with E-state index in [0.717, 1.165) is 23.9 Å². The van der Waals surface area contributed by atoms with Crippen LogP contribution in [0.15, 0.2) is 59.7 Å². The van der Waals surface area contributed by atoms with Gasteiger partial charge in [-0.3, -0.25) is 4.79 Å². The first-order valence-electron chi connectivity index (χ1n) is 9.39. The Kier molecular flexibility index (Phi) is 5.62. The Balaban J connectivity index is 1.95. The SMILES string of the molecule is COC(=O)c1cn(-c2ccc(Cl)c(C(F)(F)F)c2)cc2c(=O)n(-c3ccc(OC)cc3)nc1-2. The van der Waals surface area contributed by atoms with Crippen molar-refractivity contribution in [2.75, 3.05) is 14.2 Å². The number of benzene rings is 2. The van der Waals surface area contributed by atoms with Crippen LogP contribution in [0.5, 0.6) is 5.75 Å². The minimum Gasteiger partial charge on any atom is -0.497 e. The van der Waals surface area contributed by atoms with Crippen LogP contribution in [-0.2, 0) is 10.9 Å². The van der Waals surface area contributed by atoms with E-state index in [1.807, 2.05) is 0 Å². The standard InChI is InChI=1S/C22H15ClF3N3O4/c1-32-14-6-3-12(4-7-14)29-20(30)15-10-28(11-16(19(15)27-29)21(31)33-2)13-5-8-18(23)17(9-13)22(24,25)26/h3-11H,1-2H3. The number of alkyl halides is 3.